The van der Waals surface area contributed by atoms with Gasteiger partial charge in [-0.1, -0.05) is 24.4 Å². The van der Waals surface area contributed by atoms with Crippen LogP contribution < -0.4 is 11.1 Å². The van der Waals surface area contributed by atoms with Crippen LogP contribution >= 0.6 is 28.1 Å². The molecule has 0 fully saturated rings. The average molecular weight is 335 g/mol. The van der Waals surface area contributed by atoms with Gasteiger partial charge < -0.3 is 11.1 Å². The van der Waals surface area contributed by atoms with Gasteiger partial charge in [-0.15, -0.1) is 0 Å². The van der Waals surface area contributed by atoms with Crippen LogP contribution in [0, 0.1) is 13.8 Å². The van der Waals surface area contributed by atoms with Gasteiger partial charge in [-0.05, 0) is 65.2 Å². The number of nitrogens with two attached hydrogens (primary N) is 1. The molecule has 2 aromatic carbocycles. The van der Waals surface area contributed by atoms with Crippen LogP contribution in [0.3, 0.4) is 0 Å². The monoisotopic (exact) mass is 334 g/mol. The van der Waals surface area contributed by atoms with Crippen molar-refractivity contribution in [1.82, 2.24) is 0 Å². The lowest BCUT2D eigenvalue weighted by molar-refractivity contribution is 1.40. The first-order chi connectivity index (χ1) is 8.97. The fourth-order valence-corrected chi connectivity index (χ4v) is 2.61. The minimum Gasteiger partial charge on any atom is -0.389 e. The number of hydrogen-bond donors (Lipinski definition) is 2. The molecule has 0 amide bonds. The highest BCUT2D eigenvalue weighted by Crippen LogP contribution is 2.29. The van der Waals surface area contributed by atoms with E-state index in [1.807, 2.05) is 31.2 Å². The highest BCUT2D eigenvalue weighted by atomic mass is 79.9. The Kier molecular flexibility index (Phi) is 4.22. The molecule has 0 aromatic heterocycles. The molecule has 0 radical (unpaired) electrons. The van der Waals surface area contributed by atoms with Gasteiger partial charge in [-0.3, -0.25) is 0 Å². The number of nitrogens with one attached hydrogen (secondary N) is 1. The zero-order valence-corrected chi connectivity index (χ0v) is 13.2. The molecule has 2 aromatic rings. The largest absolute Gasteiger partial charge is 0.389 e. The van der Waals surface area contributed by atoms with Crippen molar-refractivity contribution in [3.63, 3.8) is 0 Å². The van der Waals surface area contributed by atoms with E-state index in [1.165, 1.54) is 5.56 Å². The molecule has 3 N–H and O–H groups in total. The molecule has 0 heterocycles. The zero-order chi connectivity index (χ0) is 14.0. The fourth-order valence-electron chi connectivity index (χ4n) is 1.84. The Balaban J connectivity index is 2.42. The average Bonchev–Trinajstić information content (AvgIpc) is 2.32. The maximum absolute atomic E-state index is 5.76. The maximum Gasteiger partial charge on any atom is 0.106 e. The zero-order valence-electron chi connectivity index (χ0n) is 10.8. The van der Waals surface area contributed by atoms with E-state index in [4.69, 9.17) is 18.0 Å². The summed E-state index contributed by atoms with van der Waals surface area (Å²) in [4.78, 5) is 0.394. The van der Waals surface area contributed by atoms with E-state index >= 15 is 0 Å². The molecule has 0 atom stereocenters. The predicted molar refractivity (Wildman–Crippen MR) is 89.2 cm³/mol. The number of aryl methyl sites for hydroxylation is 2. The lowest BCUT2D eigenvalue weighted by Gasteiger charge is -2.14. The summed E-state index contributed by atoms with van der Waals surface area (Å²) in [7, 11) is 0. The Morgan fingerprint density at radius 3 is 2.32 bits per heavy atom. The third-order valence-electron chi connectivity index (χ3n) is 2.83. The van der Waals surface area contributed by atoms with Crippen molar-refractivity contribution in [2.24, 2.45) is 5.73 Å². The first-order valence-corrected chi connectivity index (χ1v) is 7.11. The molecule has 0 saturated heterocycles. The first-order valence-electron chi connectivity index (χ1n) is 5.91. The molecule has 2 rings (SSSR count). The minimum absolute atomic E-state index is 0.394. The van der Waals surface area contributed by atoms with E-state index in [1.54, 1.807) is 0 Å². The number of benzene rings is 2. The van der Waals surface area contributed by atoms with Gasteiger partial charge in [-0.2, -0.15) is 0 Å². The molecule has 19 heavy (non-hydrogen) atoms. The Hall–Kier alpha value is -1.39. The topological polar surface area (TPSA) is 38.0 Å². The molecule has 4 heteroatoms. The Morgan fingerprint density at radius 1 is 1.05 bits per heavy atom. The van der Waals surface area contributed by atoms with Gasteiger partial charge in [0.05, 0.1) is 5.69 Å². The van der Waals surface area contributed by atoms with Crippen molar-refractivity contribution in [3.05, 3.63) is 57.6 Å². The quantitative estimate of drug-likeness (QED) is 0.814. The third kappa shape index (κ3) is 3.33. The van der Waals surface area contributed by atoms with E-state index in [9.17, 15) is 0 Å². The third-order valence-corrected chi connectivity index (χ3v) is 3.71. The van der Waals surface area contributed by atoms with Crippen molar-refractivity contribution < 1.29 is 0 Å². The standard InChI is InChI=1S/C15H15BrN2S/c1-9-4-6-13(12(16)7-9)18-14-8-10(2)3-5-11(14)15(17)19/h3-8,18H,1-2H3,(H2,17,19). The molecule has 0 bridgehead atoms. The number of halogens is 1. The number of hydrogen-bond acceptors (Lipinski definition) is 2. The van der Waals surface area contributed by atoms with Gasteiger partial charge in [0.25, 0.3) is 0 Å². The highest BCUT2D eigenvalue weighted by Gasteiger charge is 2.07. The molecule has 0 unspecified atom stereocenters. The molecule has 0 aliphatic carbocycles. The van der Waals surface area contributed by atoms with Crippen LogP contribution in [-0.2, 0) is 0 Å². The van der Waals surface area contributed by atoms with Crippen molar-refractivity contribution >= 4 is 44.5 Å². The summed E-state index contributed by atoms with van der Waals surface area (Å²) in [5, 5.41) is 3.38. The van der Waals surface area contributed by atoms with Crippen LogP contribution in [-0.4, -0.2) is 4.99 Å². The van der Waals surface area contributed by atoms with Gasteiger partial charge in [0, 0.05) is 15.7 Å². The van der Waals surface area contributed by atoms with E-state index in [-0.39, 0.29) is 0 Å². The van der Waals surface area contributed by atoms with Gasteiger partial charge in [0.1, 0.15) is 4.99 Å². The molecule has 0 saturated carbocycles. The normalized spacial score (nSPS) is 10.3. The molecular weight excluding hydrogens is 320 g/mol. The summed E-state index contributed by atoms with van der Waals surface area (Å²) >= 11 is 8.65. The van der Waals surface area contributed by atoms with Crippen molar-refractivity contribution in [2.75, 3.05) is 5.32 Å². The van der Waals surface area contributed by atoms with Crippen LogP contribution in [0.2, 0.25) is 0 Å². The Labute approximate surface area is 127 Å². The Morgan fingerprint density at radius 2 is 1.68 bits per heavy atom. The van der Waals surface area contributed by atoms with E-state index in [2.05, 4.69) is 40.3 Å². The maximum atomic E-state index is 5.76. The van der Waals surface area contributed by atoms with Crippen LogP contribution in [0.5, 0.6) is 0 Å². The van der Waals surface area contributed by atoms with Gasteiger partial charge in [0.15, 0.2) is 0 Å². The summed E-state index contributed by atoms with van der Waals surface area (Å²) in [6.07, 6.45) is 0. The van der Waals surface area contributed by atoms with Crippen molar-refractivity contribution in [3.8, 4) is 0 Å². The van der Waals surface area contributed by atoms with E-state index < -0.39 is 0 Å². The summed E-state index contributed by atoms with van der Waals surface area (Å²) in [6, 6.07) is 12.2. The summed E-state index contributed by atoms with van der Waals surface area (Å²) in [6.45, 7) is 4.10. The second-order valence-electron chi connectivity index (χ2n) is 4.52. The second-order valence-corrected chi connectivity index (χ2v) is 5.82. The van der Waals surface area contributed by atoms with Crippen LogP contribution in [0.4, 0.5) is 11.4 Å². The number of thiocarbonyl (C=S) groups is 1. The van der Waals surface area contributed by atoms with Gasteiger partial charge >= 0.3 is 0 Å². The molecule has 0 aliphatic rings. The number of anilines is 2. The lowest BCUT2D eigenvalue weighted by Crippen LogP contribution is -2.12. The second kappa shape index (κ2) is 5.72. The summed E-state index contributed by atoms with van der Waals surface area (Å²) in [5.41, 5.74) is 10.9. The molecule has 0 aliphatic heterocycles. The number of rotatable bonds is 3. The highest BCUT2D eigenvalue weighted by molar-refractivity contribution is 9.10. The predicted octanol–water partition coefficient (Wildman–Crippen LogP) is 4.44. The van der Waals surface area contributed by atoms with E-state index in [0.29, 0.717) is 4.99 Å². The van der Waals surface area contributed by atoms with Crippen molar-refractivity contribution in [1.29, 1.82) is 0 Å². The summed E-state index contributed by atoms with van der Waals surface area (Å²) < 4.78 is 1.02. The first kappa shape index (κ1) is 14.0. The molecule has 98 valence electrons. The minimum atomic E-state index is 0.394. The Bertz CT molecular complexity index is 638. The molecule has 0 spiro atoms. The molecule has 2 nitrogen and oxygen atoms in total. The molecular formula is C15H15BrN2S. The lowest BCUT2D eigenvalue weighted by atomic mass is 10.1. The van der Waals surface area contributed by atoms with Gasteiger partial charge in [-0.25, -0.2) is 0 Å². The van der Waals surface area contributed by atoms with Gasteiger partial charge in [0.2, 0.25) is 0 Å². The van der Waals surface area contributed by atoms with E-state index in [0.717, 1.165) is 27.0 Å². The van der Waals surface area contributed by atoms with Crippen LogP contribution in [0.15, 0.2) is 40.9 Å². The summed E-state index contributed by atoms with van der Waals surface area (Å²) in [5.74, 6) is 0. The van der Waals surface area contributed by atoms with Crippen LogP contribution in [0.1, 0.15) is 16.7 Å². The SMILES string of the molecule is Cc1ccc(Nc2cc(C)ccc2C(N)=S)c(Br)c1. The fraction of sp³-hybridized carbons (Fsp3) is 0.133. The smallest absolute Gasteiger partial charge is 0.106 e. The van der Waals surface area contributed by atoms with Crippen molar-refractivity contribution in [2.45, 2.75) is 13.8 Å². The van der Waals surface area contributed by atoms with Crippen LogP contribution in [0.25, 0.3) is 0 Å².